The minimum Gasteiger partial charge on any atom is -0.462 e. The number of carbonyl (C=O) groups is 2. The molecule has 9 nitrogen and oxygen atoms in total. The van der Waals surface area contributed by atoms with E-state index in [4.69, 9.17) is 24.3 Å². The van der Waals surface area contributed by atoms with E-state index in [9.17, 15) is 19.0 Å². The summed E-state index contributed by atoms with van der Waals surface area (Å²) < 4.78 is 32.8. The third kappa shape index (κ3) is 40.0. The minimum absolute atomic E-state index is 0.0525. The third-order valence-electron chi connectivity index (χ3n) is 9.34. The number of ether oxygens (including phenoxy) is 2. The molecule has 0 saturated carbocycles. The number of esters is 2. The van der Waals surface area contributed by atoms with Gasteiger partial charge in [0, 0.05) is 19.4 Å². The van der Waals surface area contributed by atoms with Gasteiger partial charge in [-0.05, 0) is 44.9 Å². The van der Waals surface area contributed by atoms with Crippen LogP contribution in [0, 0.1) is 0 Å². The number of hydrogen-bond acceptors (Lipinski definition) is 8. The van der Waals surface area contributed by atoms with Crippen molar-refractivity contribution in [3.63, 3.8) is 0 Å². The number of phosphoric ester groups is 1. The topological polar surface area (TPSA) is 134 Å². The standard InChI is InChI=1S/C43H82NO8P/c1-3-5-7-9-11-13-15-17-19-20-22-23-25-27-29-31-33-35-42(45)49-39-41(40-51-53(47,48)50-38-37-44)52-43(46)36-34-32-30-28-26-24-21-18-16-14-12-10-8-6-4-2/h12,14,18,21,41H,3-11,13,15-17,19-20,22-40,44H2,1-2H3,(H,47,48)/b14-12+,21-18+/t41-/m1/s1. The fourth-order valence-corrected chi connectivity index (χ4v) is 6.84. The van der Waals surface area contributed by atoms with Crippen molar-refractivity contribution in [2.24, 2.45) is 5.73 Å². The highest BCUT2D eigenvalue weighted by atomic mass is 31.2. The molecule has 0 aliphatic carbocycles. The van der Waals surface area contributed by atoms with E-state index in [0.29, 0.717) is 6.42 Å². The van der Waals surface area contributed by atoms with Crippen LogP contribution < -0.4 is 5.73 Å². The van der Waals surface area contributed by atoms with Crippen molar-refractivity contribution in [2.45, 2.75) is 213 Å². The van der Waals surface area contributed by atoms with E-state index in [0.717, 1.165) is 57.8 Å². The molecule has 0 amide bonds. The van der Waals surface area contributed by atoms with E-state index < -0.39 is 26.5 Å². The molecule has 0 bridgehead atoms. The van der Waals surface area contributed by atoms with Crippen LogP contribution in [0.2, 0.25) is 0 Å². The molecule has 10 heteroatoms. The fraction of sp³-hybridized carbons (Fsp3) is 0.860. The molecule has 0 radical (unpaired) electrons. The van der Waals surface area contributed by atoms with Crippen molar-refractivity contribution < 1.29 is 37.6 Å². The molecular weight excluding hydrogens is 689 g/mol. The molecule has 0 aromatic heterocycles. The molecule has 0 spiro atoms. The van der Waals surface area contributed by atoms with Crippen LogP contribution >= 0.6 is 7.82 Å². The smallest absolute Gasteiger partial charge is 0.462 e. The van der Waals surface area contributed by atoms with Crippen molar-refractivity contribution in [1.29, 1.82) is 0 Å². The zero-order chi connectivity index (χ0) is 38.9. The fourth-order valence-electron chi connectivity index (χ4n) is 6.08. The molecule has 312 valence electrons. The molecule has 0 aromatic carbocycles. The van der Waals surface area contributed by atoms with Crippen LogP contribution in [0.25, 0.3) is 0 Å². The highest BCUT2D eigenvalue weighted by Crippen LogP contribution is 2.43. The quantitative estimate of drug-likeness (QED) is 0.0269. The van der Waals surface area contributed by atoms with E-state index in [-0.39, 0.29) is 38.6 Å². The van der Waals surface area contributed by atoms with Crippen molar-refractivity contribution in [3.05, 3.63) is 24.3 Å². The van der Waals surface area contributed by atoms with E-state index in [2.05, 4.69) is 38.2 Å². The van der Waals surface area contributed by atoms with Gasteiger partial charge in [-0.15, -0.1) is 0 Å². The Balaban J connectivity index is 4.14. The second-order valence-electron chi connectivity index (χ2n) is 14.6. The molecule has 0 heterocycles. The molecule has 0 aromatic rings. The predicted molar refractivity (Wildman–Crippen MR) is 220 cm³/mol. The number of allylic oxidation sites excluding steroid dienone is 4. The summed E-state index contributed by atoms with van der Waals surface area (Å²) in [6.45, 7) is 3.71. The van der Waals surface area contributed by atoms with Gasteiger partial charge in [0.15, 0.2) is 6.10 Å². The number of rotatable bonds is 41. The van der Waals surface area contributed by atoms with Gasteiger partial charge < -0.3 is 20.1 Å². The summed E-state index contributed by atoms with van der Waals surface area (Å²) >= 11 is 0. The lowest BCUT2D eigenvalue weighted by Gasteiger charge is -2.19. The Bertz CT molecular complexity index is 928. The van der Waals surface area contributed by atoms with Crippen LogP contribution in [-0.2, 0) is 32.7 Å². The Morgan fingerprint density at radius 1 is 0.566 bits per heavy atom. The monoisotopic (exact) mass is 772 g/mol. The van der Waals surface area contributed by atoms with Gasteiger partial charge in [-0.25, -0.2) is 4.57 Å². The maximum Gasteiger partial charge on any atom is 0.472 e. The van der Waals surface area contributed by atoms with Crippen LogP contribution in [-0.4, -0.2) is 49.3 Å². The van der Waals surface area contributed by atoms with Gasteiger partial charge >= 0.3 is 19.8 Å². The molecule has 53 heavy (non-hydrogen) atoms. The zero-order valence-electron chi connectivity index (χ0n) is 34.3. The first-order valence-corrected chi connectivity index (χ1v) is 23.3. The zero-order valence-corrected chi connectivity index (χ0v) is 35.2. The highest BCUT2D eigenvalue weighted by molar-refractivity contribution is 7.47. The maximum absolute atomic E-state index is 12.6. The van der Waals surface area contributed by atoms with Gasteiger partial charge in [-0.3, -0.25) is 18.6 Å². The van der Waals surface area contributed by atoms with Crippen LogP contribution in [0.15, 0.2) is 24.3 Å². The van der Waals surface area contributed by atoms with Crippen molar-refractivity contribution in [1.82, 2.24) is 0 Å². The first-order valence-electron chi connectivity index (χ1n) is 21.8. The summed E-state index contributed by atoms with van der Waals surface area (Å²) in [4.78, 5) is 34.8. The lowest BCUT2D eigenvalue weighted by Crippen LogP contribution is -2.29. The van der Waals surface area contributed by atoms with Crippen molar-refractivity contribution in [3.8, 4) is 0 Å². The largest absolute Gasteiger partial charge is 0.472 e. The molecular formula is C43H82NO8P. The van der Waals surface area contributed by atoms with Gasteiger partial charge in [-0.1, -0.05) is 173 Å². The summed E-state index contributed by atoms with van der Waals surface area (Å²) in [6.07, 6.45) is 42.0. The average Bonchev–Trinajstić information content (AvgIpc) is 3.14. The predicted octanol–water partition coefficient (Wildman–Crippen LogP) is 12.4. The van der Waals surface area contributed by atoms with Crippen molar-refractivity contribution in [2.75, 3.05) is 26.4 Å². The summed E-state index contributed by atoms with van der Waals surface area (Å²) in [7, 11) is -4.38. The number of nitrogens with two attached hydrogens (primary N) is 1. The Kier molecular flexibility index (Phi) is 39.0. The SMILES string of the molecule is CCCCC/C=C/C/C=C/CCCCCCCC(=O)O[C@H](COC(=O)CCCCCCCCCCCCCCCCCCC)COP(=O)(O)OCCN. The van der Waals surface area contributed by atoms with Crippen LogP contribution in [0.1, 0.15) is 206 Å². The molecule has 0 rings (SSSR count). The van der Waals surface area contributed by atoms with E-state index in [1.54, 1.807) is 0 Å². The molecule has 0 aliphatic heterocycles. The Morgan fingerprint density at radius 3 is 1.47 bits per heavy atom. The second-order valence-corrected chi connectivity index (χ2v) is 16.0. The number of hydrogen-bond donors (Lipinski definition) is 2. The molecule has 0 aliphatic rings. The molecule has 1 unspecified atom stereocenters. The molecule has 2 atom stereocenters. The third-order valence-corrected chi connectivity index (χ3v) is 10.3. The highest BCUT2D eigenvalue weighted by Gasteiger charge is 2.26. The van der Waals surface area contributed by atoms with Gasteiger partial charge in [0.25, 0.3) is 0 Å². The Hall–Kier alpha value is -1.51. The lowest BCUT2D eigenvalue weighted by atomic mass is 10.0. The Morgan fingerprint density at radius 2 is 0.981 bits per heavy atom. The molecule has 3 N–H and O–H groups in total. The van der Waals surface area contributed by atoms with Crippen LogP contribution in [0.5, 0.6) is 0 Å². The second kappa shape index (κ2) is 40.2. The summed E-state index contributed by atoms with van der Waals surface area (Å²) in [6, 6.07) is 0. The van der Waals surface area contributed by atoms with Gasteiger partial charge in [-0.2, -0.15) is 0 Å². The number of carbonyl (C=O) groups excluding carboxylic acids is 2. The normalized spacial score (nSPS) is 13.5. The first-order chi connectivity index (χ1) is 25.8. The lowest BCUT2D eigenvalue weighted by molar-refractivity contribution is -0.161. The summed E-state index contributed by atoms with van der Waals surface area (Å²) in [5.41, 5.74) is 5.34. The van der Waals surface area contributed by atoms with E-state index in [1.807, 2.05) is 0 Å². The number of phosphoric acid groups is 1. The summed E-state index contributed by atoms with van der Waals surface area (Å²) in [5, 5.41) is 0. The summed E-state index contributed by atoms with van der Waals surface area (Å²) in [5.74, 6) is -0.837. The van der Waals surface area contributed by atoms with Gasteiger partial charge in [0.05, 0.1) is 13.2 Å². The van der Waals surface area contributed by atoms with Crippen LogP contribution in [0.3, 0.4) is 0 Å². The molecule has 0 saturated heterocycles. The van der Waals surface area contributed by atoms with E-state index >= 15 is 0 Å². The first kappa shape index (κ1) is 51.5. The average molecular weight is 772 g/mol. The van der Waals surface area contributed by atoms with Gasteiger partial charge in [0.2, 0.25) is 0 Å². The maximum atomic E-state index is 12.6. The minimum atomic E-state index is -4.38. The van der Waals surface area contributed by atoms with Crippen molar-refractivity contribution >= 4 is 19.8 Å². The number of unbranched alkanes of at least 4 members (excludes halogenated alkanes) is 24. The van der Waals surface area contributed by atoms with E-state index in [1.165, 1.54) is 116 Å². The van der Waals surface area contributed by atoms with Gasteiger partial charge in [0.1, 0.15) is 6.61 Å². The molecule has 0 fully saturated rings. The van der Waals surface area contributed by atoms with Crippen LogP contribution in [0.4, 0.5) is 0 Å². The Labute approximate surface area is 325 Å².